The van der Waals surface area contributed by atoms with Gasteiger partial charge in [-0.1, -0.05) is 19.3 Å². The van der Waals surface area contributed by atoms with Gasteiger partial charge in [0.05, 0.1) is 11.3 Å². The minimum atomic E-state index is -4.48. The van der Waals surface area contributed by atoms with Crippen LogP contribution in [0.3, 0.4) is 0 Å². The van der Waals surface area contributed by atoms with Crippen LogP contribution in [0.15, 0.2) is 12.1 Å². The van der Waals surface area contributed by atoms with E-state index in [1.165, 1.54) is 32.3 Å². The molecule has 3 nitrogen and oxygen atoms in total. The molecule has 23 heavy (non-hydrogen) atoms. The number of hydrogen-bond acceptors (Lipinski definition) is 2. The largest absolute Gasteiger partial charge is 0.433 e. The number of aryl methyl sites for hydroxylation is 1. The molecule has 6 heteroatoms. The zero-order chi connectivity index (χ0) is 16.6. The first-order chi connectivity index (χ1) is 10.9. The Labute approximate surface area is 133 Å². The Balaban J connectivity index is 1.75. The van der Waals surface area contributed by atoms with Gasteiger partial charge in [-0.05, 0) is 43.7 Å². The maximum absolute atomic E-state index is 12.7. The van der Waals surface area contributed by atoms with E-state index in [0.29, 0.717) is 18.4 Å². The summed E-state index contributed by atoms with van der Waals surface area (Å²) in [5, 5.41) is 0. The molecule has 126 valence electrons. The molecule has 1 aliphatic heterocycles. The number of alkyl halides is 3. The quantitative estimate of drug-likeness (QED) is 0.780. The van der Waals surface area contributed by atoms with Crippen LogP contribution in [-0.2, 0) is 6.18 Å². The van der Waals surface area contributed by atoms with Crippen molar-refractivity contribution in [2.45, 2.75) is 45.2 Å². The Hall–Kier alpha value is -1.59. The number of halogens is 3. The van der Waals surface area contributed by atoms with Gasteiger partial charge >= 0.3 is 6.18 Å². The number of pyridine rings is 1. The summed E-state index contributed by atoms with van der Waals surface area (Å²) in [6, 6.07) is 2.16. The fraction of sp³-hybridized carbons (Fsp3) is 0.647. The van der Waals surface area contributed by atoms with Crippen molar-refractivity contribution < 1.29 is 18.0 Å². The highest BCUT2D eigenvalue weighted by atomic mass is 19.4. The van der Waals surface area contributed by atoms with Crippen molar-refractivity contribution in [3.05, 3.63) is 29.1 Å². The van der Waals surface area contributed by atoms with Crippen LogP contribution in [0.25, 0.3) is 0 Å². The molecule has 3 rings (SSSR count). The minimum absolute atomic E-state index is 0.149. The smallest absolute Gasteiger partial charge is 0.338 e. The third kappa shape index (κ3) is 3.35. The summed E-state index contributed by atoms with van der Waals surface area (Å²) in [4.78, 5) is 18.0. The molecule has 1 amide bonds. The van der Waals surface area contributed by atoms with Crippen LogP contribution < -0.4 is 0 Å². The highest BCUT2D eigenvalue weighted by Gasteiger charge is 2.35. The molecule has 0 N–H and O–H groups in total. The van der Waals surface area contributed by atoms with E-state index in [1.807, 2.05) is 0 Å². The summed E-state index contributed by atoms with van der Waals surface area (Å²) in [5.41, 5.74) is -0.514. The molecule has 0 spiro atoms. The molecule has 1 aliphatic carbocycles. The van der Waals surface area contributed by atoms with Crippen molar-refractivity contribution in [1.82, 2.24) is 9.88 Å². The van der Waals surface area contributed by atoms with E-state index in [1.54, 1.807) is 4.90 Å². The number of nitrogens with zero attached hydrogens (tertiary/aromatic N) is 2. The van der Waals surface area contributed by atoms with E-state index in [2.05, 4.69) is 4.98 Å². The predicted octanol–water partition coefficient (Wildman–Crippen LogP) is 4.06. The van der Waals surface area contributed by atoms with Crippen molar-refractivity contribution >= 4 is 5.91 Å². The van der Waals surface area contributed by atoms with Gasteiger partial charge in [0.15, 0.2) is 0 Å². The molecule has 0 radical (unpaired) electrons. The average Bonchev–Trinajstić information content (AvgIpc) is 2.53. The number of hydrogen-bond donors (Lipinski definition) is 0. The van der Waals surface area contributed by atoms with Gasteiger partial charge in [-0.25, -0.2) is 4.98 Å². The summed E-state index contributed by atoms with van der Waals surface area (Å²) in [5.74, 6) is 1.07. The van der Waals surface area contributed by atoms with Crippen molar-refractivity contribution in [2.24, 2.45) is 11.8 Å². The summed E-state index contributed by atoms with van der Waals surface area (Å²) in [7, 11) is 0. The Kier molecular flexibility index (Phi) is 4.34. The van der Waals surface area contributed by atoms with Crippen molar-refractivity contribution in [2.75, 3.05) is 13.1 Å². The molecular weight excluding hydrogens is 305 g/mol. The fourth-order valence-corrected chi connectivity index (χ4v) is 3.90. The van der Waals surface area contributed by atoms with Gasteiger partial charge in [0.2, 0.25) is 0 Å². The van der Waals surface area contributed by atoms with Gasteiger partial charge in [-0.15, -0.1) is 0 Å². The first kappa shape index (κ1) is 16.3. The fourth-order valence-electron chi connectivity index (χ4n) is 3.90. The Morgan fingerprint density at radius 1 is 1.17 bits per heavy atom. The number of carbonyl (C=O) groups is 1. The first-order valence-electron chi connectivity index (χ1n) is 8.20. The van der Waals surface area contributed by atoms with Crippen LogP contribution in [0.2, 0.25) is 0 Å². The Morgan fingerprint density at radius 2 is 1.87 bits per heavy atom. The molecule has 2 fully saturated rings. The van der Waals surface area contributed by atoms with Gasteiger partial charge in [0.25, 0.3) is 5.91 Å². The highest BCUT2D eigenvalue weighted by Crippen LogP contribution is 2.36. The van der Waals surface area contributed by atoms with E-state index in [0.717, 1.165) is 25.5 Å². The number of aromatic nitrogens is 1. The normalized spacial score (nSPS) is 25.1. The maximum atomic E-state index is 12.7. The summed E-state index contributed by atoms with van der Waals surface area (Å²) < 4.78 is 38.0. The number of carbonyl (C=O) groups excluding carboxylic acids is 1. The predicted molar refractivity (Wildman–Crippen MR) is 79.9 cm³/mol. The van der Waals surface area contributed by atoms with Crippen LogP contribution in [0.5, 0.6) is 0 Å². The maximum Gasteiger partial charge on any atom is 0.433 e. The molecule has 1 aromatic heterocycles. The number of amides is 1. The second kappa shape index (κ2) is 6.13. The molecular formula is C17H21F3N2O. The number of rotatable bonds is 1. The van der Waals surface area contributed by atoms with E-state index >= 15 is 0 Å². The van der Waals surface area contributed by atoms with Gasteiger partial charge in [0.1, 0.15) is 5.69 Å². The standard InChI is InChI=1S/C17H21F3N2O/c1-11-14(6-7-15(21-11)17(18,19)20)16(23)22-9-8-12-4-2-3-5-13(12)10-22/h6-7,12-13H,2-5,8-10H2,1H3/t12-,13-/m0/s1. The molecule has 2 aliphatic rings. The van der Waals surface area contributed by atoms with Crippen LogP contribution in [0.1, 0.15) is 53.8 Å². The Bertz CT molecular complexity index is 600. The first-order valence-corrected chi connectivity index (χ1v) is 8.20. The zero-order valence-corrected chi connectivity index (χ0v) is 13.2. The molecule has 1 saturated carbocycles. The van der Waals surface area contributed by atoms with Gasteiger partial charge in [0, 0.05) is 13.1 Å². The molecule has 0 aromatic carbocycles. The minimum Gasteiger partial charge on any atom is -0.338 e. The molecule has 2 atom stereocenters. The zero-order valence-electron chi connectivity index (χ0n) is 13.2. The van der Waals surface area contributed by atoms with Crippen molar-refractivity contribution in [3.63, 3.8) is 0 Å². The molecule has 0 bridgehead atoms. The van der Waals surface area contributed by atoms with E-state index in [4.69, 9.17) is 0 Å². The van der Waals surface area contributed by atoms with E-state index < -0.39 is 11.9 Å². The summed E-state index contributed by atoms with van der Waals surface area (Å²) in [6.45, 7) is 2.89. The number of likely N-dealkylation sites (tertiary alicyclic amines) is 1. The van der Waals surface area contributed by atoms with E-state index in [9.17, 15) is 18.0 Å². The summed E-state index contributed by atoms with van der Waals surface area (Å²) >= 11 is 0. The lowest BCUT2D eigenvalue weighted by Crippen LogP contribution is -2.45. The molecule has 2 heterocycles. The van der Waals surface area contributed by atoms with Crippen LogP contribution in [0.4, 0.5) is 13.2 Å². The van der Waals surface area contributed by atoms with Crippen LogP contribution >= 0.6 is 0 Å². The second-order valence-corrected chi connectivity index (χ2v) is 6.67. The van der Waals surface area contributed by atoms with Gasteiger partial charge in [-0.3, -0.25) is 4.79 Å². The third-order valence-corrected chi connectivity index (χ3v) is 5.19. The highest BCUT2D eigenvalue weighted by molar-refractivity contribution is 5.95. The van der Waals surface area contributed by atoms with Crippen molar-refractivity contribution in [3.8, 4) is 0 Å². The monoisotopic (exact) mass is 326 g/mol. The molecule has 1 saturated heterocycles. The van der Waals surface area contributed by atoms with E-state index in [-0.39, 0.29) is 17.2 Å². The lowest BCUT2D eigenvalue weighted by molar-refractivity contribution is -0.141. The average molecular weight is 326 g/mol. The van der Waals surface area contributed by atoms with Crippen LogP contribution in [0, 0.1) is 18.8 Å². The molecule has 1 aromatic rings. The third-order valence-electron chi connectivity index (χ3n) is 5.19. The lowest BCUT2D eigenvalue weighted by Gasteiger charge is -2.41. The SMILES string of the molecule is Cc1nc(C(F)(F)F)ccc1C(=O)N1CC[C@@H]2CCCC[C@H]2C1. The Morgan fingerprint density at radius 3 is 2.52 bits per heavy atom. The lowest BCUT2D eigenvalue weighted by atomic mass is 9.75. The van der Waals surface area contributed by atoms with Gasteiger partial charge < -0.3 is 4.90 Å². The van der Waals surface area contributed by atoms with Crippen LogP contribution in [-0.4, -0.2) is 28.9 Å². The second-order valence-electron chi connectivity index (χ2n) is 6.67. The van der Waals surface area contributed by atoms with Gasteiger partial charge in [-0.2, -0.15) is 13.2 Å². The van der Waals surface area contributed by atoms with Crippen molar-refractivity contribution in [1.29, 1.82) is 0 Å². The molecule has 0 unspecified atom stereocenters. The summed E-state index contributed by atoms with van der Waals surface area (Å²) in [6.07, 6.45) is 1.41. The number of piperidine rings is 1. The number of fused-ring (bicyclic) bond motifs is 1. The topological polar surface area (TPSA) is 33.2 Å².